The molecule has 116 valence electrons. The first-order valence-corrected chi connectivity index (χ1v) is 7.60. The van der Waals surface area contributed by atoms with Crippen LogP contribution in [0, 0.1) is 0 Å². The summed E-state index contributed by atoms with van der Waals surface area (Å²) in [6, 6.07) is 12.2. The van der Waals surface area contributed by atoms with Crippen molar-refractivity contribution in [3.05, 3.63) is 76.0 Å². The van der Waals surface area contributed by atoms with Crippen molar-refractivity contribution in [1.29, 1.82) is 0 Å². The summed E-state index contributed by atoms with van der Waals surface area (Å²) in [7, 11) is 0. The number of rotatable bonds is 4. The van der Waals surface area contributed by atoms with Gasteiger partial charge in [-0.25, -0.2) is 9.78 Å². The molecule has 0 unspecified atom stereocenters. The van der Waals surface area contributed by atoms with E-state index in [1.807, 2.05) is 16.7 Å². The monoisotopic (exact) mass is 346 g/mol. The van der Waals surface area contributed by atoms with Crippen molar-refractivity contribution in [2.24, 2.45) is 0 Å². The number of halogens is 2. The summed E-state index contributed by atoms with van der Waals surface area (Å²) in [6.07, 6.45) is 3.43. The summed E-state index contributed by atoms with van der Waals surface area (Å²) < 4.78 is 1.85. The van der Waals surface area contributed by atoms with Gasteiger partial charge in [0.1, 0.15) is 5.82 Å². The lowest BCUT2D eigenvalue weighted by atomic mass is 10.1. The topological polar surface area (TPSA) is 55.1 Å². The number of nitrogens with zero attached hydrogens (tertiary/aromatic N) is 2. The predicted molar refractivity (Wildman–Crippen MR) is 90.2 cm³/mol. The van der Waals surface area contributed by atoms with E-state index in [1.165, 1.54) is 0 Å². The molecule has 0 radical (unpaired) electrons. The Hall–Kier alpha value is -2.30. The Morgan fingerprint density at radius 3 is 2.70 bits per heavy atom. The molecule has 1 N–H and O–H groups in total. The molecule has 0 saturated heterocycles. The van der Waals surface area contributed by atoms with Crippen molar-refractivity contribution in [2.45, 2.75) is 6.54 Å². The van der Waals surface area contributed by atoms with Gasteiger partial charge in [-0.1, -0.05) is 47.5 Å². The summed E-state index contributed by atoms with van der Waals surface area (Å²) in [5.41, 5.74) is 1.67. The van der Waals surface area contributed by atoms with Crippen molar-refractivity contribution >= 4 is 29.2 Å². The van der Waals surface area contributed by atoms with Crippen molar-refractivity contribution in [2.75, 3.05) is 0 Å². The quantitative estimate of drug-likeness (QED) is 0.750. The van der Waals surface area contributed by atoms with E-state index in [4.69, 9.17) is 23.2 Å². The van der Waals surface area contributed by atoms with Crippen LogP contribution in [0.4, 0.5) is 0 Å². The van der Waals surface area contributed by atoms with Gasteiger partial charge in [0.25, 0.3) is 0 Å². The highest BCUT2D eigenvalue weighted by Gasteiger charge is 2.15. The highest BCUT2D eigenvalue weighted by molar-refractivity contribution is 6.43. The number of aromatic carboxylic acids is 1. The number of carbonyl (C=O) groups is 1. The molecule has 0 saturated carbocycles. The third-order valence-electron chi connectivity index (χ3n) is 3.50. The van der Waals surface area contributed by atoms with Crippen LogP contribution in [0.1, 0.15) is 15.9 Å². The number of hydrogen-bond donors (Lipinski definition) is 1. The van der Waals surface area contributed by atoms with Crippen LogP contribution in [0.15, 0.2) is 54.9 Å². The molecule has 0 fully saturated rings. The van der Waals surface area contributed by atoms with Gasteiger partial charge in [-0.15, -0.1) is 0 Å². The molecule has 0 aliphatic carbocycles. The number of benzene rings is 2. The second-order valence-electron chi connectivity index (χ2n) is 4.94. The fourth-order valence-corrected chi connectivity index (χ4v) is 2.79. The fraction of sp³-hybridized carbons (Fsp3) is 0.0588. The number of aromatic nitrogens is 2. The molecule has 0 bridgehead atoms. The van der Waals surface area contributed by atoms with Gasteiger partial charge in [-0.3, -0.25) is 0 Å². The second-order valence-corrected chi connectivity index (χ2v) is 5.73. The standard InChI is InChI=1S/C17H12Cl2N2O2/c18-14-7-3-6-13(15(14)19)16-20-8-9-21(16)10-11-4-1-2-5-12(11)17(22)23/h1-9H,10H2,(H,22,23). The zero-order valence-electron chi connectivity index (χ0n) is 11.9. The van der Waals surface area contributed by atoms with Crippen molar-refractivity contribution in [1.82, 2.24) is 9.55 Å². The van der Waals surface area contributed by atoms with Crippen LogP contribution in [-0.4, -0.2) is 20.6 Å². The van der Waals surface area contributed by atoms with E-state index < -0.39 is 5.97 Å². The third kappa shape index (κ3) is 3.09. The minimum Gasteiger partial charge on any atom is -0.478 e. The average molecular weight is 347 g/mol. The minimum absolute atomic E-state index is 0.268. The Bertz CT molecular complexity index is 875. The fourth-order valence-electron chi connectivity index (χ4n) is 2.41. The van der Waals surface area contributed by atoms with E-state index in [2.05, 4.69) is 4.98 Å². The molecule has 0 aliphatic heterocycles. The molecule has 0 atom stereocenters. The second kappa shape index (κ2) is 6.44. The first-order chi connectivity index (χ1) is 11.1. The highest BCUT2D eigenvalue weighted by Crippen LogP contribution is 2.32. The van der Waals surface area contributed by atoms with Crippen molar-refractivity contribution in [3.8, 4) is 11.4 Å². The van der Waals surface area contributed by atoms with Gasteiger partial charge in [-0.2, -0.15) is 0 Å². The van der Waals surface area contributed by atoms with Crippen LogP contribution in [0.3, 0.4) is 0 Å². The van der Waals surface area contributed by atoms with Crippen LogP contribution in [0.2, 0.25) is 10.0 Å². The molecule has 0 aliphatic rings. The largest absolute Gasteiger partial charge is 0.478 e. The molecule has 23 heavy (non-hydrogen) atoms. The van der Waals surface area contributed by atoms with E-state index in [-0.39, 0.29) is 5.56 Å². The zero-order valence-corrected chi connectivity index (χ0v) is 13.4. The summed E-state index contributed by atoms with van der Waals surface area (Å²) >= 11 is 12.3. The number of carboxylic acids is 1. The summed E-state index contributed by atoms with van der Waals surface area (Å²) in [4.78, 5) is 15.7. The SMILES string of the molecule is O=C(O)c1ccccc1Cn1ccnc1-c1cccc(Cl)c1Cl. The van der Waals surface area contributed by atoms with E-state index in [0.29, 0.717) is 33.5 Å². The Labute approximate surface area is 142 Å². The predicted octanol–water partition coefficient (Wildman–Crippen LogP) is 4.60. The molecule has 3 aromatic rings. The Balaban J connectivity index is 2.03. The van der Waals surface area contributed by atoms with Crippen LogP contribution in [-0.2, 0) is 6.54 Å². The lowest BCUT2D eigenvalue weighted by Crippen LogP contribution is -2.07. The Morgan fingerprint density at radius 1 is 1.13 bits per heavy atom. The van der Waals surface area contributed by atoms with Gasteiger partial charge in [0.15, 0.2) is 0 Å². The van der Waals surface area contributed by atoms with E-state index >= 15 is 0 Å². The normalized spacial score (nSPS) is 10.7. The molecule has 1 aromatic heterocycles. The van der Waals surface area contributed by atoms with Gasteiger partial charge in [-0.05, 0) is 23.8 Å². The molecule has 2 aromatic carbocycles. The maximum Gasteiger partial charge on any atom is 0.336 e. The molecule has 1 heterocycles. The van der Waals surface area contributed by atoms with Crippen LogP contribution in [0.25, 0.3) is 11.4 Å². The Kier molecular flexibility index (Phi) is 4.37. The van der Waals surface area contributed by atoms with Gasteiger partial charge in [0.05, 0.1) is 15.6 Å². The molecular weight excluding hydrogens is 335 g/mol. The van der Waals surface area contributed by atoms with Gasteiger partial charge in [0.2, 0.25) is 0 Å². The van der Waals surface area contributed by atoms with Crippen LogP contribution >= 0.6 is 23.2 Å². The van der Waals surface area contributed by atoms with Crippen LogP contribution in [0.5, 0.6) is 0 Å². The molecule has 3 rings (SSSR count). The van der Waals surface area contributed by atoms with E-state index in [9.17, 15) is 9.90 Å². The van der Waals surface area contributed by atoms with E-state index in [0.717, 1.165) is 0 Å². The number of hydrogen-bond acceptors (Lipinski definition) is 2. The van der Waals surface area contributed by atoms with Gasteiger partial charge < -0.3 is 9.67 Å². The first kappa shape index (κ1) is 15.6. The molecular formula is C17H12Cl2N2O2. The highest BCUT2D eigenvalue weighted by atomic mass is 35.5. The summed E-state index contributed by atoms with van der Waals surface area (Å²) in [5.74, 6) is -0.319. The van der Waals surface area contributed by atoms with Gasteiger partial charge >= 0.3 is 5.97 Å². The molecule has 6 heteroatoms. The lowest BCUT2D eigenvalue weighted by Gasteiger charge is -2.11. The van der Waals surface area contributed by atoms with Crippen LogP contribution < -0.4 is 0 Å². The smallest absolute Gasteiger partial charge is 0.336 e. The summed E-state index contributed by atoms with van der Waals surface area (Å²) in [5, 5.41) is 10.2. The van der Waals surface area contributed by atoms with Crippen molar-refractivity contribution in [3.63, 3.8) is 0 Å². The summed E-state index contributed by atoms with van der Waals surface area (Å²) in [6.45, 7) is 0.376. The maximum absolute atomic E-state index is 11.3. The molecule has 4 nitrogen and oxygen atoms in total. The first-order valence-electron chi connectivity index (χ1n) is 6.84. The molecule has 0 amide bonds. The Morgan fingerprint density at radius 2 is 1.91 bits per heavy atom. The van der Waals surface area contributed by atoms with Gasteiger partial charge in [0, 0.05) is 24.5 Å². The average Bonchev–Trinajstić information content (AvgIpc) is 2.98. The number of carboxylic acid groups (broad SMARTS) is 1. The van der Waals surface area contributed by atoms with E-state index in [1.54, 1.807) is 42.7 Å². The molecule has 0 spiro atoms. The van der Waals surface area contributed by atoms with Crippen molar-refractivity contribution < 1.29 is 9.90 Å². The minimum atomic E-state index is -0.956. The number of imidazole rings is 1. The lowest BCUT2D eigenvalue weighted by molar-refractivity contribution is 0.0695. The zero-order chi connectivity index (χ0) is 16.4. The third-order valence-corrected chi connectivity index (χ3v) is 4.32. The maximum atomic E-state index is 11.3.